The number of aryl methyl sites for hydroxylation is 2. The van der Waals surface area contributed by atoms with Gasteiger partial charge in [0.25, 0.3) is 0 Å². The number of nitrogens with zero attached hydrogens (tertiary/aromatic N) is 2. The van der Waals surface area contributed by atoms with Crippen molar-refractivity contribution in [3.8, 4) is 5.69 Å². The molecule has 1 aliphatic heterocycles. The third-order valence-corrected chi connectivity index (χ3v) is 8.28. The minimum absolute atomic E-state index is 0.166. The lowest BCUT2D eigenvalue weighted by molar-refractivity contribution is -0.121. The number of Topliss-reactive ketones (excluding diaryl/α,β-unsaturated/α-hetero) is 1. The summed E-state index contributed by atoms with van der Waals surface area (Å²) >= 11 is 0. The van der Waals surface area contributed by atoms with E-state index in [1.54, 1.807) is 16.8 Å². The Hall–Kier alpha value is -4.30. The molecule has 5 rings (SSSR count). The van der Waals surface area contributed by atoms with Gasteiger partial charge in [-0.05, 0) is 92.7 Å². The maximum Gasteiger partial charge on any atom is 0.324 e. The summed E-state index contributed by atoms with van der Waals surface area (Å²) in [6.07, 6.45) is 2.75. The predicted octanol–water partition coefficient (Wildman–Crippen LogP) is 7.55. The van der Waals surface area contributed by atoms with Crippen molar-refractivity contribution in [3.63, 3.8) is 0 Å². The van der Waals surface area contributed by atoms with Gasteiger partial charge in [0.1, 0.15) is 17.4 Å². The first kappa shape index (κ1) is 31.1. The van der Waals surface area contributed by atoms with E-state index in [1.165, 1.54) is 12.1 Å². The van der Waals surface area contributed by atoms with Crippen LogP contribution in [0.3, 0.4) is 0 Å². The second-order valence-corrected chi connectivity index (χ2v) is 12.8. The molecule has 3 N–H and O–H groups in total. The van der Waals surface area contributed by atoms with Gasteiger partial charge in [0, 0.05) is 29.5 Å². The van der Waals surface area contributed by atoms with Gasteiger partial charge in [-0.15, -0.1) is 0 Å². The molecule has 0 radical (unpaired) electrons. The number of amides is 2. The first-order valence-electron chi connectivity index (χ1n) is 15.4. The molecule has 7 nitrogen and oxygen atoms in total. The van der Waals surface area contributed by atoms with Crippen LogP contribution in [-0.2, 0) is 16.6 Å². The van der Waals surface area contributed by atoms with E-state index in [-0.39, 0.29) is 28.9 Å². The summed E-state index contributed by atoms with van der Waals surface area (Å²) in [4.78, 5) is 27.0. The first-order chi connectivity index (χ1) is 21.1. The third-order valence-electron chi connectivity index (χ3n) is 8.28. The van der Waals surface area contributed by atoms with Crippen LogP contribution >= 0.6 is 0 Å². The van der Waals surface area contributed by atoms with Gasteiger partial charge in [-0.1, -0.05) is 62.7 Å². The van der Waals surface area contributed by atoms with Crippen molar-refractivity contribution < 1.29 is 14.0 Å². The Balaban J connectivity index is 1.34. The Morgan fingerprint density at radius 3 is 2.36 bits per heavy atom. The number of ketones is 1. The van der Waals surface area contributed by atoms with Gasteiger partial charge in [0.15, 0.2) is 0 Å². The zero-order valence-electron chi connectivity index (χ0n) is 26.0. The zero-order chi connectivity index (χ0) is 31.3. The second-order valence-electron chi connectivity index (χ2n) is 12.8. The molecule has 4 aromatic rings. The van der Waals surface area contributed by atoms with Crippen LogP contribution in [0.25, 0.3) is 5.69 Å². The van der Waals surface area contributed by atoms with E-state index in [4.69, 9.17) is 5.10 Å². The van der Waals surface area contributed by atoms with Crippen molar-refractivity contribution in [1.82, 2.24) is 15.1 Å². The summed E-state index contributed by atoms with van der Waals surface area (Å²) in [5.74, 6) is 0.381. The van der Waals surface area contributed by atoms with Gasteiger partial charge in [-0.2, -0.15) is 5.10 Å². The summed E-state index contributed by atoms with van der Waals surface area (Å²) < 4.78 is 15.1. The number of hydrogen-bond acceptors (Lipinski definition) is 4. The molecule has 230 valence electrons. The van der Waals surface area contributed by atoms with E-state index >= 15 is 0 Å². The molecule has 0 aliphatic carbocycles. The number of aromatic nitrogens is 2. The number of benzene rings is 3. The maximum absolute atomic E-state index is 13.7. The van der Waals surface area contributed by atoms with Crippen LogP contribution in [0.15, 0.2) is 78.9 Å². The number of anilines is 2. The monoisotopic (exact) mass is 595 g/mol. The fraction of sp³-hybridized carbons (Fsp3) is 0.361. The van der Waals surface area contributed by atoms with Gasteiger partial charge < -0.3 is 10.6 Å². The summed E-state index contributed by atoms with van der Waals surface area (Å²) in [7, 11) is 0. The number of carbonyl (C=O) groups is 2. The topological polar surface area (TPSA) is 88.1 Å². The Labute approximate surface area is 259 Å². The molecule has 8 heteroatoms. The van der Waals surface area contributed by atoms with E-state index in [1.807, 2.05) is 61.5 Å². The smallest absolute Gasteiger partial charge is 0.317 e. The first-order valence-corrected chi connectivity index (χ1v) is 15.4. The van der Waals surface area contributed by atoms with Crippen molar-refractivity contribution in [2.75, 3.05) is 23.7 Å². The van der Waals surface area contributed by atoms with Crippen LogP contribution in [0.4, 0.5) is 20.7 Å². The van der Waals surface area contributed by atoms with Crippen molar-refractivity contribution >= 4 is 23.3 Å². The Kier molecular flexibility index (Phi) is 9.59. The fourth-order valence-electron chi connectivity index (χ4n) is 5.78. The van der Waals surface area contributed by atoms with Crippen molar-refractivity contribution in [3.05, 3.63) is 107 Å². The third kappa shape index (κ3) is 7.80. The molecule has 44 heavy (non-hydrogen) atoms. The highest BCUT2D eigenvalue weighted by atomic mass is 19.1. The molecular formula is C36H42FN5O2. The standard InChI is InChI=1S/C36H42FN5O2/c1-24-8-15-30(16-9-24)42-33(23-32(41-42)36(2,3)4)40-35(44)39-29-7-5-6-27(22-29)34(26-18-20-38-21-19-26)31(43)17-12-25-10-13-28(37)14-11-25/h5-11,13-16,22-23,26,34,38H,12,17-21H2,1-4H3,(H2,39,40,44). The molecule has 2 amide bonds. The van der Waals surface area contributed by atoms with Gasteiger partial charge in [-0.25, -0.2) is 13.9 Å². The van der Waals surface area contributed by atoms with Crippen molar-refractivity contribution in [2.45, 2.75) is 64.7 Å². The van der Waals surface area contributed by atoms with Crippen LogP contribution in [-0.4, -0.2) is 34.7 Å². The molecule has 1 aliphatic rings. The quantitative estimate of drug-likeness (QED) is 0.187. The minimum Gasteiger partial charge on any atom is -0.317 e. The van der Waals surface area contributed by atoms with Crippen LogP contribution in [0.2, 0.25) is 0 Å². The number of rotatable bonds is 9. The van der Waals surface area contributed by atoms with Crippen LogP contribution in [0.5, 0.6) is 0 Å². The van der Waals surface area contributed by atoms with Crippen LogP contribution in [0.1, 0.15) is 68.3 Å². The van der Waals surface area contributed by atoms with E-state index in [0.29, 0.717) is 24.3 Å². The Morgan fingerprint density at radius 1 is 0.977 bits per heavy atom. The predicted molar refractivity (Wildman–Crippen MR) is 174 cm³/mol. The summed E-state index contributed by atoms with van der Waals surface area (Å²) in [6, 6.07) is 23.5. The molecule has 3 aromatic carbocycles. The van der Waals surface area contributed by atoms with Crippen LogP contribution < -0.4 is 16.0 Å². The lowest BCUT2D eigenvalue weighted by Crippen LogP contribution is -2.33. The second kappa shape index (κ2) is 13.6. The molecule has 0 saturated carbocycles. The fourth-order valence-corrected chi connectivity index (χ4v) is 5.78. The molecule has 1 saturated heterocycles. The van der Waals surface area contributed by atoms with Crippen molar-refractivity contribution in [1.29, 1.82) is 0 Å². The maximum atomic E-state index is 13.7. The van der Waals surface area contributed by atoms with E-state index in [2.05, 4.69) is 36.7 Å². The number of hydrogen-bond donors (Lipinski definition) is 3. The summed E-state index contributed by atoms with van der Waals surface area (Å²) in [5.41, 5.74) is 5.11. The average Bonchev–Trinajstić information content (AvgIpc) is 3.42. The number of halogens is 1. The molecular weight excluding hydrogens is 553 g/mol. The lowest BCUT2D eigenvalue weighted by Gasteiger charge is -2.30. The highest BCUT2D eigenvalue weighted by Crippen LogP contribution is 2.34. The SMILES string of the molecule is Cc1ccc(-n2nc(C(C)(C)C)cc2NC(=O)Nc2cccc(C(C(=O)CCc3ccc(F)cc3)C3CCNCC3)c2)cc1. The normalized spacial score (nSPS) is 14.7. The van der Waals surface area contributed by atoms with Gasteiger partial charge in [0.2, 0.25) is 0 Å². The number of nitrogens with one attached hydrogen (secondary N) is 3. The van der Waals surface area contributed by atoms with E-state index in [0.717, 1.165) is 54.0 Å². The summed E-state index contributed by atoms with van der Waals surface area (Å²) in [5, 5.41) is 14.2. The average molecular weight is 596 g/mol. The molecule has 1 atom stereocenters. The highest BCUT2D eigenvalue weighted by molar-refractivity contribution is 5.99. The summed E-state index contributed by atoms with van der Waals surface area (Å²) in [6.45, 7) is 10.0. The van der Waals surface area contributed by atoms with E-state index < -0.39 is 6.03 Å². The Bertz CT molecular complexity index is 1580. The lowest BCUT2D eigenvalue weighted by atomic mass is 9.76. The molecule has 0 spiro atoms. The zero-order valence-corrected chi connectivity index (χ0v) is 26.0. The number of urea groups is 1. The largest absolute Gasteiger partial charge is 0.324 e. The van der Waals surface area contributed by atoms with Crippen molar-refractivity contribution in [2.24, 2.45) is 5.92 Å². The molecule has 1 fully saturated rings. The van der Waals surface area contributed by atoms with E-state index in [9.17, 15) is 14.0 Å². The van der Waals surface area contributed by atoms with Gasteiger partial charge in [0.05, 0.1) is 11.4 Å². The molecule has 0 bridgehead atoms. The molecule has 1 unspecified atom stereocenters. The number of piperidine rings is 1. The number of carbonyl (C=O) groups excluding carboxylic acids is 2. The molecule has 1 aromatic heterocycles. The Morgan fingerprint density at radius 2 is 1.68 bits per heavy atom. The minimum atomic E-state index is -0.392. The molecule has 2 heterocycles. The van der Waals surface area contributed by atoms with Crippen LogP contribution in [0, 0.1) is 18.7 Å². The highest BCUT2D eigenvalue weighted by Gasteiger charge is 2.31. The van der Waals surface area contributed by atoms with Gasteiger partial charge in [-0.3, -0.25) is 10.1 Å². The van der Waals surface area contributed by atoms with Gasteiger partial charge >= 0.3 is 6.03 Å².